The minimum Gasteiger partial charge on any atom is -0.477 e. The smallest absolute Gasteiger partial charge is 0.354 e. The summed E-state index contributed by atoms with van der Waals surface area (Å²) in [7, 11) is 1.39. The molecular formula is C31H31FN8O7. The van der Waals surface area contributed by atoms with Gasteiger partial charge >= 0.3 is 11.9 Å². The van der Waals surface area contributed by atoms with Crippen LogP contribution in [-0.2, 0) is 24.2 Å². The first kappa shape index (κ1) is 33.9. The molecule has 2 heterocycles. The number of aryl methyl sites for hydroxylation is 1. The highest BCUT2D eigenvalue weighted by Gasteiger charge is 2.21. The van der Waals surface area contributed by atoms with E-state index < -0.39 is 28.6 Å². The van der Waals surface area contributed by atoms with E-state index in [4.69, 9.17) is 11.5 Å². The van der Waals surface area contributed by atoms with E-state index >= 15 is 0 Å². The van der Waals surface area contributed by atoms with Gasteiger partial charge in [0.15, 0.2) is 11.3 Å². The van der Waals surface area contributed by atoms with Gasteiger partial charge in [0, 0.05) is 30.8 Å². The van der Waals surface area contributed by atoms with E-state index in [-0.39, 0.29) is 66.5 Å². The molecule has 7 N–H and O–H groups in total. The number of carbonyl (C=O) groups is 3. The predicted molar refractivity (Wildman–Crippen MR) is 168 cm³/mol. The summed E-state index contributed by atoms with van der Waals surface area (Å²) in [6.07, 6.45) is 3.15. The Morgan fingerprint density at radius 1 is 1.11 bits per heavy atom. The Morgan fingerprint density at radius 3 is 2.57 bits per heavy atom. The number of benzene rings is 2. The zero-order valence-electron chi connectivity index (χ0n) is 24.2. The van der Waals surface area contributed by atoms with Crippen molar-refractivity contribution in [1.82, 2.24) is 25.1 Å². The van der Waals surface area contributed by atoms with E-state index in [1.807, 2.05) is 12.1 Å². The fourth-order valence-corrected chi connectivity index (χ4v) is 4.90. The van der Waals surface area contributed by atoms with Gasteiger partial charge in [-0.2, -0.15) is 4.52 Å². The summed E-state index contributed by atoms with van der Waals surface area (Å²) in [6.45, 7) is -0.113. The molecule has 1 atom stereocenters. The molecule has 16 heteroatoms. The molecule has 0 saturated heterocycles. The van der Waals surface area contributed by atoms with Crippen LogP contribution in [0, 0.1) is 5.82 Å². The maximum absolute atomic E-state index is 14.1. The van der Waals surface area contributed by atoms with E-state index in [1.165, 1.54) is 37.1 Å². The molecule has 0 bridgehead atoms. The zero-order chi connectivity index (χ0) is 33.1. The summed E-state index contributed by atoms with van der Waals surface area (Å²) in [6, 6.07) is 10.9. The van der Waals surface area contributed by atoms with Gasteiger partial charge in [0.2, 0.25) is 0 Å². The molecule has 47 heavy (non-hydrogen) atoms. The lowest BCUT2D eigenvalue weighted by atomic mass is 10.1. The minimum atomic E-state index is -1.31. The van der Waals surface area contributed by atoms with E-state index in [0.29, 0.717) is 11.1 Å². The number of carboxylic acids is 1. The number of ether oxygens (including phenoxy) is 1. The average molecular weight is 647 g/mol. The lowest BCUT2D eigenvalue weighted by Crippen LogP contribution is -2.37. The number of nitrogens with zero attached hydrogens (tertiary/aromatic N) is 4. The SMILES string of the molecule is C.COC(=O)c1ccc2c(c1)CC[C@@H]2N.Nc1c(NCc2cc(CNC(=O)c3cc(C(=O)O)n4nncc4n3)ccc2F)c(=O)c1=O. The zero-order valence-corrected chi connectivity index (χ0v) is 24.2. The van der Waals surface area contributed by atoms with E-state index in [0.717, 1.165) is 29.0 Å². The number of rotatable bonds is 8. The number of nitrogens with one attached hydrogen (secondary N) is 2. The lowest BCUT2D eigenvalue weighted by Gasteiger charge is -2.12. The van der Waals surface area contributed by atoms with E-state index in [2.05, 4.69) is 30.7 Å². The molecule has 1 amide bonds. The maximum atomic E-state index is 14.1. The standard InChI is InChI=1S/C19H14FN7O5.C11H13NO2.CH4/c20-10-2-1-8(3-9(10)6-22-15-14(21)16(28)17(15)29)5-23-18(30)11-4-12(19(31)32)27-13(25-11)7-24-26-27;1-14-11(13)8-2-4-9-7(6-8)3-5-10(9)12;/h1-4,7,22H,5-6,21H2,(H,23,30)(H,31,32);2,4,6,10H,3,5,12H2,1H3;1H4/t;10-;/m.0./s1. The predicted octanol–water partition coefficient (Wildman–Crippen LogP) is 1.74. The number of esters is 1. The second-order valence-corrected chi connectivity index (χ2v) is 10.3. The number of hydrogen-bond acceptors (Lipinski definition) is 12. The molecule has 3 aromatic carbocycles. The topological polar surface area (TPSA) is 234 Å². The van der Waals surface area contributed by atoms with Gasteiger partial charge in [-0.25, -0.2) is 19.0 Å². The molecule has 244 valence electrons. The Kier molecular flexibility index (Phi) is 10.0. The highest BCUT2D eigenvalue weighted by Crippen LogP contribution is 2.29. The van der Waals surface area contributed by atoms with Gasteiger partial charge in [-0.05, 0) is 53.8 Å². The summed E-state index contributed by atoms with van der Waals surface area (Å²) in [5.41, 5.74) is 12.8. The van der Waals surface area contributed by atoms with Gasteiger partial charge in [0.1, 0.15) is 22.9 Å². The molecule has 6 rings (SSSR count). The monoisotopic (exact) mass is 646 g/mol. The van der Waals surface area contributed by atoms with Crippen LogP contribution in [0.1, 0.15) is 73.5 Å². The van der Waals surface area contributed by atoms with Crippen LogP contribution in [-0.4, -0.2) is 49.9 Å². The van der Waals surface area contributed by atoms with Crippen molar-refractivity contribution in [2.24, 2.45) is 5.73 Å². The molecule has 15 nitrogen and oxygen atoms in total. The molecule has 1 aliphatic rings. The first-order valence-corrected chi connectivity index (χ1v) is 13.8. The number of anilines is 2. The van der Waals surface area contributed by atoms with Gasteiger partial charge in [-0.1, -0.05) is 24.8 Å². The Morgan fingerprint density at radius 2 is 1.87 bits per heavy atom. The summed E-state index contributed by atoms with van der Waals surface area (Å²) >= 11 is 0. The fraction of sp³-hybridized carbons (Fsp3) is 0.226. The molecule has 0 radical (unpaired) electrons. The van der Waals surface area contributed by atoms with Crippen molar-refractivity contribution in [1.29, 1.82) is 0 Å². The Balaban J connectivity index is 0.000000279. The molecule has 2 aromatic heterocycles. The molecule has 0 spiro atoms. The quantitative estimate of drug-likeness (QED) is 0.119. The number of nitrogen functional groups attached to an aromatic ring is 1. The van der Waals surface area contributed by atoms with Crippen molar-refractivity contribution in [3.63, 3.8) is 0 Å². The third-order valence-corrected chi connectivity index (χ3v) is 7.37. The van der Waals surface area contributed by atoms with Crippen LogP contribution in [0.3, 0.4) is 0 Å². The Bertz CT molecular complexity index is 2070. The molecule has 1 aliphatic carbocycles. The Hall–Kier alpha value is -6.03. The van der Waals surface area contributed by atoms with Gasteiger partial charge in [-0.15, -0.1) is 5.10 Å². The highest BCUT2D eigenvalue weighted by atomic mass is 19.1. The molecular weight excluding hydrogens is 615 g/mol. The first-order valence-electron chi connectivity index (χ1n) is 13.8. The van der Waals surface area contributed by atoms with Crippen molar-refractivity contribution >= 4 is 34.9 Å². The van der Waals surface area contributed by atoms with Crippen molar-refractivity contribution in [3.8, 4) is 0 Å². The number of carbonyl (C=O) groups excluding carboxylic acids is 2. The number of aromatic nitrogens is 4. The van der Waals surface area contributed by atoms with Crippen molar-refractivity contribution in [3.05, 3.63) is 114 Å². The van der Waals surface area contributed by atoms with Crippen LogP contribution >= 0.6 is 0 Å². The second kappa shape index (κ2) is 13.9. The summed E-state index contributed by atoms with van der Waals surface area (Å²) in [4.78, 5) is 61.7. The van der Waals surface area contributed by atoms with Crippen LogP contribution in [0.2, 0.25) is 0 Å². The number of carboxylic acid groups (broad SMARTS) is 1. The summed E-state index contributed by atoms with van der Waals surface area (Å²) in [5.74, 6) is -2.81. The van der Waals surface area contributed by atoms with Crippen LogP contribution in [0.15, 0.2) is 58.3 Å². The van der Waals surface area contributed by atoms with E-state index in [1.54, 1.807) is 6.07 Å². The number of amides is 1. The molecule has 5 aromatic rings. The number of hydrogen-bond donors (Lipinski definition) is 5. The van der Waals surface area contributed by atoms with Crippen LogP contribution in [0.5, 0.6) is 0 Å². The van der Waals surface area contributed by atoms with Crippen molar-refractivity contribution in [2.45, 2.75) is 39.4 Å². The van der Waals surface area contributed by atoms with Crippen LogP contribution in [0.25, 0.3) is 5.65 Å². The largest absolute Gasteiger partial charge is 0.477 e. The minimum absolute atomic E-state index is 0. The number of halogens is 1. The normalized spacial score (nSPS) is 13.2. The number of nitrogens with two attached hydrogens (primary N) is 2. The van der Waals surface area contributed by atoms with Gasteiger partial charge < -0.3 is 31.9 Å². The number of aromatic carboxylic acids is 1. The first-order chi connectivity index (χ1) is 22.0. The van der Waals surface area contributed by atoms with Gasteiger partial charge in [0.25, 0.3) is 16.8 Å². The molecule has 0 fully saturated rings. The number of methoxy groups -OCH3 is 1. The molecule has 0 aliphatic heterocycles. The second-order valence-electron chi connectivity index (χ2n) is 10.3. The van der Waals surface area contributed by atoms with Crippen LogP contribution < -0.4 is 33.0 Å². The lowest BCUT2D eigenvalue weighted by molar-refractivity contribution is 0.0599. The number of fused-ring (bicyclic) bond motifs is 2. The van der Waals surface area contributed by atoms with Gasteiger partial charge in [0.05, 0.1) is 18.9 Å². The molecule has 0 saturated carbocycles. The van der Waals surface area contributed by atoms with Crippen LogP contribution in [0.4, 0.5) is 15.8 Å². The Labute approximate surface area is 266 Å². The van der Waals surface area contributed by atoms with Crippen molar-refractivity contribution in [2.75, 3.05) is 18.2 Å². The summed E-state index contributed by atoms with van der Waals surface area (Å²) in [5, 5.41) is 21.7. The average Bonchev–Trinajstić information content (AvgIpc) is 3.69. The third-order valence-electron chi connectivity index (χ3n) is 7.37. The highest BCUT2D eigenvalue weighted by molar-refractivity contribution is 5.96. The third kappa shape index (κ3) is 6.96. The maximum Gasteiger partial charge on any atom is 0.354 e. The molecule has 0 unspecified atom stereocenters. The van der Waals surface area contributed by atoms with Gasteiger partial charge in [-0.3, -0.25) is 14.4 Å². The summed E-state index contributed by atoms with van der Waals surface area (Å²) < 4.78 is 19.7. The van der Waals surface area contributed by atoms with E-state index in [9.17, 15) is 33.5 Å². The fourth-order valence-electron chi connectivity index (χ4n) is 4.90. The van der Waals surface area contributed by atoms with Crippen molar-refractivity contribution < 1.29 is 28.6 Å².